The minimum Gasteiger partial charge on any atom is -0.384 e. The summed E-state index contributed by atoms with van der Waals surface area (Å²) in [5.74, 6) is -0.305. The van der Waals surface area contributed by atoms with Crippen molar-refractivity contribution in [1.29, 1.82) is 0 Å². The molecule has 2 aromatic rings. The largest absolute Gasteiger partial charge is 0.384 e. The van der Waals surface area contributed by atoms with Crippen LogP contribution in [0.3, 0.4) is 0 Å². The van der Waals surface area contributed by atoms with Crippen molar-refractivity contribution in [2.75, 3.05) is 0 Å². The van der Waals surface area contributed by atoms with Gasteiger partial charge in [-0.25, -0.2) is 4.39 Å². The van der Waals surface area contributed by atoms with Gasteiger partial charge >= 0.3 is 0 Å². The lowest BCUT2D eigenvalue weighted by atomic mass is 10.1. The van der Waals surface area contributed by atoms with Gasteiger partial charge in [0.1, 0.15) is 11.9 Å². The molecule has 0 radical (unpaired) electrons. The van der Waals surface area contributed by atoms with Crippen molar-refractivity contribution in [3.05, 3.63) is 59.4 Å². The Labute approximate surface area is 86.8 Å². The van der Waals surface area contributed by atoms with Crippen molar-refractivity contribution in [2.24, 2.45) is 0 Å². The molecule has 0 spiro atoms. The number of hydrogen-bond acceptors (Lipinski definition) is 1. The van der Waals surface area contributed by atoms with Gasteiger partial charge < -0.3 is 5.11 Å². The molecule has 15 heavy (non-hydrogen) atoms. The van der Waals surface area contributed by atoms with Gasteiger partial charge in [0.25, 0.3) is 0 Å². The molecule has 1 unspecified atom stereocenters. The first kappa shape index (κ1) is 8.62. The summed E-state index contributed by atoms with van der Waals surface area (Å²) in [5.41, 5.74) is 3.45. The second kappa shape index (κ2) is 2.91. The lowest BCUT2D eigenvalue weighted by Crippen LogP contribution is -1.93. The van der Waals surface area contributed by atoms with Gasteiger partial charge in [-0.15, -0.1) is 0 Å². The highest BCUT2D eigenvalue weighted by Crippen LogP contribution is 2.43. The van der Waals surface area contributed by atoms with Crippen LogP contribution in [0.1, 0.15) is 17.2 Å². The predicted molar refractivity (Wildman–Crippen MR) is 55.9 cm³/mol. The van der Waals surface area contributed by atoms with Crippen molar-refractivity contribution < 1.29 is 9.50 Å². The van der Waals surface area contributed by atoms with Gasteiger partial charge in [0, 0.05) is 0 Å². The highest BCUT2D eigenvalue weighted by molar-refractivity contribution is 5.77. The van der Waals surface area contributed by atoms with Gasteiger partial charge in [0.15, 0.2) is 0 Å². The van der Waals surface area contributed by atoms with Gasteiger partial charge in [0.2, 0.25) is 0 Å². The Morgan fingerprint density at radius 1 is 0.933 bits per heavy atom. The fourth-order valence-electron chi connectivity index (χ4n) is 2.15. The number of halogens is 1. The minimum absolute atomic E-state index is 0.305. The summed E-state index contributed by atoms with van der Waals surface area (Å²) in [6.07, 6.45) is -0.688. The average molecular weight is 200 g/mol. The van der Waals surface area contributed by atoms with Crippen LogP contribution >= 0.6 is 0 Å². The summed E-state index contributed by atoms with van der Waals surface area (Å²) in [7, 11) is 0. The molecule has 2 heteroatoms. The van der Waals surface area contributed by atoms with E-state index in [-0.39, 0.29) is 5.82 Å². The Kier molecular flexibility index (Phi) is 1.67. The topological polar surface area (TPSA) is 20.2 Å². The third-order valence-electron chi connectivity index (χ3n) is 2.85. The third kappa shape index (κ3) is 1.12. The Hall–Kier alpha value is -1.67. The lowest BCUT2D eigenvalue weighted by molar-refractivity contribution is 0.225. The van der Waals surface area contributed by atoms with E-state index in [9.17, 15) is 9.50 Å². The molecule has 74 valence electrons. The Morgan fingerprint density at radius 2 is 1.67 bits per heavy atom. The summed E-state index contributed by atoms with van der Waals surface area (Å²) in [6.45, 7) is 0. The summed E-state index contributed by atoms with van der Waals surface area (Å²) >= 11 is 0. The highest BCUT2D eigenvalue weighted by atomic mass is 19.1. The first-order valence-corrected chi connectivity index (χ1v) is 4.84. The van der Waals surface area contributed by atoms with E-state index in [1.807, 2.05) is 24.3 Å². The molecule has 1 atom stereocenters. The van der Waals surface area contributed by atoms with Crippen molar-refractivity contribution in [1.82, 2.24) is 0 Å². The fourth-order valence-corrected chi connectivity index (χ4v) is 2.15. The van der Waals surface area contributed by atoms with Crippen LogP contribution in [0, 0.1) is 5.82 Å². The molecule has 0 bridgehead atoms. The zero-order valence-corrected chi connectivity index (χ0v) is 7.94. The Bertz CT molecular complexity index is 534. The zero-order chi connectivity index (χ0) is 10.4. The number of rotatable bonds is 0. The van der Waals surface area contributed by atoms with Crippen LogP contribution in [0.15, 0.2) is 42.5 Å². The third-order valence-corrected chi connectivity index (χ3v) is 2.85. The molecule has 2 aromatic carbocycles. The van der Waals surface area contributed by atoms with E-state index in [0.29, 0.717) is 5.56 Å². The van der Waals surface area contributed by atoms with E-state index in [1.165, 1.54) is 12.1 Å². The van der Waals surface area contributed by atoms with Crippen LogP contribution in [0.4, 0.5) is 4.39 Å². The smallest absolute Gasteiger partial charge is 0.123 e. The summed E-state index contributed by atoms with van der Waals surface area (Å²) < 4.78 is 13.0. The van der Waals surface area contributed by atoms with Crippen molar-refractivity contribution in [3.8, 4) is 11.1 Å². The second-order valence-corrected chi connectivity index (χ2v) is 3.72. The van der Waals surface area contributed by atoms with Gasteiger partial charge in [-0.1, -0.05) is 30.3 Å². The summed E-state index contributed by atoms with van der Waals surface area (Å²) in [6, 6.07) is 12.2. The molecule has 0 aromatic heterocycles. The SMILES string of the molecule is OC1c2ccccc2-c2ccc(F)cc21. The van der Waals surface area contributed by atoms with Gasteiger partial charge in [0.05, 0.1) is 0 Å². The van der Waals surface area contributed by atoms with Crippen molar-refractivity contribution >= 4 is 0 Å². The summed E-state index contributed by atoms with van der Waals surface area (Å²) in [4.78, 5) is 0. The molecule has 0 amide bonds. The second-order valence-electron chi connectivity index (χ2n) is 3.72. The number of fused-ring (bicyclic) bond motifs is 3. The maximum atomic E-state index is 13.0. The number of benzene rings is 2. The standard InChI is InChI=1S/C13H9FO/c14-8-5-6-10-9-3-1-2-4-11(9)13(15)12(10)7-8/h1-7,13,15H. The minimum atomic E-state index is -0.688. The van der Waals surface area contributed by atoms with Gasteiger partial charge in [-0.05, 0) is 34.4 Å². The lowest BCUT2D eigenvalue weighted by Gasteiger charge is -2.04. The molecule has 0 saturated carbocycles. The normalized spacial score (nSPS) is 17.3. The molecule has 1 aliphatic carbocycles. The number of hydrogen-bond donors (Lipinski definition) is 1. The monoisotopic (exact) mass is 200 g/mol. The summed E-state index contributed by atoms with van der Waals surface area (Å²) in [5, 5.41) is 9.99. The molecule has 3 rings (SSSR count). The number of aliphatic hydroxyl groups is 1. The van der Waals surface area contributed by atoms with Crippen LogP contribution < -0.4 is 0 Å². The van der Waals surface area contributed by atoms with E-state index in [4.69, 9.17) is 0 Å². The average Bonchev–Trinajstić information content (AvgIpc) is 2.54. The molecule has 0 heterocycles. The van der Waals surface area contributed by atoms with Crippen LogP contribution in [0.2, 0.25) is 0 Å². The van der Waals surface area contributed by atoms with Crippen LogP contribution in [-0.2, 0) is 0 Å². The maximum Gasteiger partial charge on any atom is 0.123 e. The molecule has 0 aliphatic heterocycles. The fraction of sp³-hybridized carbons (Fsp3) is 0.0769. The Balaban J connectivity index is 2.32. The molecule has 1 aliphatic rings. The van der Waals surface area contributed by atoms with Gasteiger partial charge in [-0.2, -0.15) is 0 Å². The van der Waals surface area contributed by atoms with E-state index in [1.54, 1.807) is 6.07 Å². The first-order chi connectivity index (χ1) is 7.27. The highest BCUT2D eigenvalue weighted by Gasteiger charge is 2.26. The first-order valence-electron chi connectivity index (χ1n) is 4.84. The maximum absolute atomic E-state index is 13.0. The zero-order valence-electron chi connectivity index (χ0n) is 7.94. The molecular formula is C13H9FO. The molecule has 0 fully saturated rings. The van der Waals surface area contributed by atoms with E-state index in [0.717, 1.165) is 16.7 Å². The van der Waals surface area contributed by atoms with E-state index < -0.39 is 6.10 Å². The molecule has 1 nitrogen and oxygen atoms in total. The van der Waals surface area contributed by atoms with Crippen LogP contribution in [0.5, 0.6) is 0 Å². The predicted octanol–water partition coefficient (Wildman–Crippen LogP) is 2.89. The van der Waals surface area contributed by atoms with Crippen molar-refractivity contribution in [2.45, 2.75) is 6.10 Å². The quantitative estimate of drug-likeness (QED) is 0.693. The number of aliphatic hydroxyl groups excluding tert-OH is 1. The van der Waals surface area contributed by atoms with E-state index >= 15 is 0 Å². The van der Waals surface area contributed by atoms with E-state index in [2.05, 4.69) is 0 Å². The van der Waals surface area contributed by atoms with Crippen LogP contribution in [0.25, 0.3) is 11.1 Å². The van der Waals surface area contributed by atoms with Gasteiger partial charge in [-0.3, -0.25) is 0 Å². The van der Waals surface area contributed by atoms with Crippen LogP contribution in [-0.4, -0.2) is 5.11 Å². The molecule has 0 saturated heterocycles. The Morgan fingerprint density at radius 3 is 2.53 bits per heavy atom. The van der Waals surface area contributed by atoms with Crippen molar-refractivity contribution in [3.63, 3.8) is 0 Å². The molecule has 1 N–H and O–H groups in total. The molecular weight excluding hydrogens is 191 g/mol.